The van der Waals surface area contributed by atoms with Crippen molar-refractivity contribution in [3.63, 3.8) is 0 Å². The van der Waals surface area contributed by atoms with E-state index in [1.165, 1.54) is 12.3 Å². The number of phenolic OH excluding ortho intramolecular Hbond substituents is 1. The molecule has 5 nitrogen and oxygen atoms in total. The Labute approximate surface area is 174 Å². The first-order chi connectivity index (χ1) is 15.0. The summed E-state index contributed by atoms with van der Waals surface area (Å²) in [5, 5.41) is 29.5. The van der Waals surface area contributed by atoms with Crippen LogP contribution in [0, 0.1) is 34.3 Å². The number of aromatic hydroxyl groups is 1. The van der Waals surface area contributed by atoms with Crippen LogP contribution < -0.4 is 0 Å². The van der Waals surface area contributed by atoms with Gasteiger partial charge in [-0.2, -0.15) is 10.5 Å². The predicted molar refractivity (Wildman–Crippen MR) is 106 cm³/mol. The zero-order valence-electron chi connectivity index (χ0n) is 15.6. The fraction of sp³-hybridized carbons (Fsp3) is 0. The van der Waals surface area contributed by atoms with Crippen molar-refractivity contribution < 1.29 is 18.7 Å². The molecule has 5 rings (SSSR count). The molecule has 2 aliphatic carbocycles. The van der Waals surface area contributed by atoms with Crippen LogP contribution in [-0.2, 0) is 0 Å². The molecule has 31 heavy (non-hydrogen) atoms. The predicted octanol–water partition coefficient (Wildman–Crippen LogP) is 4.54. The molecule has 1 heterocycles. The van der Waals surface area contributed by atoms with Gasteiger partial charge in [-0.1, -0.05) is 18.2 Å². The van der Waals surface area contributed by atoms with Gasteiger partial charge in [-0.05, 0) is 29.8 Å². The third-order valence-electron chi connectivity index (χ3n) is 5.42. The van der Waals surface area contributed by atoms with Crippen molar-refractivity contribution in [2.45, 2.75) is 0 Å². The molecule has 1 aromatic heterocycles. The lowest BCUT2D eigenvalue weighted by Crippen LogP contribution is -2.01. The van der Waals surface area contributed by atoms with Gasteiger partial charge >= 0.3 is 0 Å². The molecule has 0 radical (unpaired) electrons. The third kappa shape index (κ3) is 2.32. The number of ketones is 1. The van der Waals surface area contributed by atoms with Gasteiger partial charge in [-0.15, -0.1) is 0 Å². The summed E-state index contributed by atoms with van der Waals surface area (Å²) in [6.07, 6.45) is 1.52. The van der Waals surface area contributed by atoms with Crippen molar-refractivity contribution in [1.82, 2.24) is 4.98 Å². The van der Waals surface area contributed by atoms with Gasteiger partial charge in [0.2, 0.25) is 0 Å². The number of nitrogens with zero attached hydrogens (tertiary/aromatic N) is 3. The Bertz CT molecular complexity index is 1490. The molecule has 2 aliphatic rings. The van der Waals surface area contributed by atoms with Gasteiger partial charge in [0.1, 0.15) is 23.5 Å². The quantitative estimate of drug-likeness (QED) is 0.340. The highest BCUT2D eigenvalue weighted by Crippen LogP contribution is 2.53. The molecule has 1 N–H and O–H groups in total. The molecule has 0 bridgehead atoms. The lowest BCUT2D eigenvalue weighted by atomic mass is 9.91. The second kappa shape index (κ2) is 6.45. The van der Waals surface area contributed by atoms with E-state index in [0.29, 0.717) is 28.0 Å². The fourth-order valence-corrected chi connectivity index (χ4v) is 4.20. The van der Waals surface area contributed by atoms with Crippen LogP contribution in [0.3, 0.4) is 0 Å². The monoisotopic (exact) mass is 409 g/mol. The Balaban J connectivity index is 2.01. The number of Topliss-reactive ketones (excluding diaryl/α,β-unsaturated/α-hetero) is 1. The fourth-order valence-electron chi connectivity index (χ4n) is 4.20. The lowest BCUT2D eigenvalue weighted by molar-refractivity contribution is 0.104. The minimum absolute atomic E-state index is 0.0699. The van der Waals surface area contributed by atoms with Gasteiger partial charge in [0, 0.05) is 39.6 Å². The van der Waals surface area contributed by atoms with Crippen molar-refractivity contribution in [1.29, 1.82) is 10.5 Å². The van der Waals surface area contributed by atoms with E-state index in [1.54, 1.807) is 36.4 Å². The van der Waals surface area contributed by atoms with Crippen LogP contribution in [0.4, 0.5) is 8.78 Å². The number of halogens is 2. The molecule has 146 valence electrons. The van der Waals surface area contributed by atoms with Gasteiger partial charge in [-0.3, -0.25) is 9.78 Å². The Morgan fingerprint density at radius 3 is 2.39 bits per heavy atom. The average Bonchev–Trinajstić information content (AvgIpc) is 3.25. The molecule has 0 saturated carbocycles. The van der Waals surface area contributed by atoms with Crippen LogP contribution >= 0.6 is 0 Å². The molecule has 0 saturated heterocycles. The topological polar surface area (TPSA) is 97.8 Å². The van der Waals surface area contributed by atoms with Gasteiger partial charge in [0.15, 0.2) is 17.4 Å². The van der Waals surface area contributed by atoms with Gasteiger partial charge < -0.3 is 5.11 Å². The van der Waals surface area contributed by atoms with Gasteiger partial charge in [0.05, 0.1) is 11.3 Å². The summed E-state index contributed by atoms with van der Waals surface area (Å²) < 4.78 is 28.9. The van der Waals surface area contributed by atoms with E-state index in [0.717, 1.165) is 12.1 Å². The van der Waals surface area contributed by atoms with Crippen molar-refractivity contribution in [3.8, 4) is 29.1 Å². The number of pyridine rings is 1. The van der Waals surface area contributed by atoms with Crippen molar-refractivity contribution in [2.75, 3.05) is 0 Å². The second-order valence-corrected chi connectivity index (χ2v) is 6.94. The lowest BCUT2D eigenvalue weighted by Gasteiger charge is -2.10. The number of aromatic nitrogens is 1. The van der Waals surface area contributed by atoms with Gasteiger partial charge in [0.25, 0.3) is 0 Å². The average molecular weight is 409 g/mol. The number of phenols is 1. The second-order valence-electron chi connectivity index (χ2n) is 6.94. The summed E-state index contributed by atoms with van der Waals surface area (Å²) in [5.74, 6) is -3.22. The van der Waals surface area contributed by atoms with Gasteiger partial charge in [-0.25, -0.2) is 8.78 Å². The minimum atomic E-state index is -1.31. The SMILES string of the molecule is N#CC(C#N)=C1/C(=C2/c3cccnc3-c3c(O)cccc32)C(=O)c2ccc(F)c(F)c21. The first kappa shape index (κ1) is 18.4. The molecule has 0 amide bonds. The number of rotatable bonds is 0. The molecule has 0 aliphatic heterocycles. The maximum atomic E-state index is 14.8. The Kier molecular flexibility index (Phi) is 3.83. The summed E-state index contributed by atoms with van der Waals surface area (Å²) in [5.41, 5.74) is 0.574. The van der Waals surface area contributed by atoms with Crippen LogP contribution in [0.2, 0.25) is 0 Å². The number of carbonyl (C=O) groups is 1. The molecule has 0 spiro atoms. The summed E-state index contributed by atoms with van der Waals surface area (Å²) in [6.45, 7) is 0. The summed E-state index contributed by atoms with van der Waals surface area (Å²) in [4.78, 5) is 17.7. The minimum Gasteiger partial charge on any atom is -0.507 e. The molecule has 7 heteroatoms. The molecule has 0 atom stereocenters. The van der Waals surface area contributed by atoms with Crippen LogP contribution in [0.25, 0.3) is 22.4 Å². The number of hydrogen-bond acceptors (Lipinski definition) is 5. The molecular weight excluding hydrogens is 400 g/mol. The zero-order valence-corrected chi connectivity index (χ0v) is 15.6. The van der Waals surface area contributed by atoms with Crippen LogP contribution in [0.1, 0.15) is 27.0 Å². The van der Waals surface area contributed by atoms with E-state index in [2.05, 4.69) is 4.98 Å². The van der Waals surface area contributed by atoms with Crippen molar-refractivity contribution >= 4 is 16.9 Å². The zero-order chi connectivity index (χ0) is 21.9. The maximum absolute atomic E-state index is 14.8. The van der Waals surface area contributed by atoms with E-state index < -0.39 is 28.6 Å². The summed E-state index contributed by atoms with van der Waals surface area (Å²) in [7, 11) is 0. The van der Waals surface area contributed by atoms with Crippen molar-refractivity contribution in [2.24, 2.45) is 0 Å². The highest BCUT2D eigenvalue weighted by Gasteiger charge is 2.41. The molecular formula is C24H9F2N3O2. The third-order valence-corrected chi connectivity index (χ3v) is 5.42. The van der Waals surface area contributed by atoms with E-state index in [1.807, 2.05) is 0 Å². The largest absolute Gasteiger partial charge is 0.507 e. The summed E-state index contributed by atoms with van der Waals surface area (Å²) in [6, 6.07) is 13.4. The van der Waals surface area contributed by atoms with Crippen molar-refractivity contribution in [3.05, 3.63) is 93.7 Å². The molecule has 0 unspecified atom stereocenters. The first-order valence-electron chi connectivity index (χ1n) is 9.09. The number of nitriles is 2. The van der Waals surface area contributed by atoms with Crippen LogP contribution in [0.5, 0.6) is 5.75 Å². The number of fused-ring (bicyclic) bond motifs is 4. The maximum Gasteiger partial charge on any atom is 0.195 e. The smallest absolute Gasteiger partial charge is 0.195 e. The highest BCUT2D eigenvalue weighted by atomic mass is 19.2. The Hall–Kier alpha value is -4.62. The number of allylic oxidation sites excluding steroid dienone is 3. The van der Waals surface area contributed by atoms with E-state index in [4.69, 9.17) is 0 Å². The summed E-state index contributed by atoms with van der Waals surface area (Å²) >= 11 is 0. The number of carbonyl (C=O) groups excluding carboxylic acids is 1. The normalized spacial score (nSPS) is 15.7. The molecule has 3 aromatic rings. The number of hydrogen-bond donors (Lipinski definition) is 1. The van der Waals surface area contributed by atoms with Crippen LogP contribution in [0.15, 0.2) is 59.8 Å². The Morgan fingerprint density at radius 2 is 1.65 bits per heavy atom. The van der Waals surface area contributed by atoms with Crippen LogP contribution in [-0.4, -0.2) is 15.9 Å². The first-order valence-corrected chi connectivity index (χ1v) is 9.09. The molecule has 2 aromatic carbocycles. The number of benzene rings is 2. The van der Waals surface area contributed by atoms with E-state index in [-0.39, 0.29) is 22.5 Å². The molecule has 0 fully saturated rings. The Morgan fingerprint density at radius 1 is 0.903 bits per heavy atom. The van der Waals surface area contributed by atoms with E-state index >= 15 is 0 Å². The van der Waals surface area contributed by atoms with E-state index in [9.17, 15) is 29.2 Å². The standard InChI is InChI=1S/C24H9F2N3O2/c25-15-7-6-14-20(22(15)26)17(11(9-27)10-28)21(24(14)31)18-12-3-1-5-16(30)19(12)23-13(18)4-2-8-29-23/h1-8,30H/b21-18-. The highest BCUT2D eigenvalue weighted by molar-refractivity contribution is 6.33.